The van der Waals surface area contributed by atoms with Crippen LogP contribution < -0.4 is 0 Å². The van der Waals surface area contributed by atoms with Crippen LogP contribution in [0.15, 0.2) is 11.8 Å². The third kappa shape index (κ3) is 1.52. The SMILES string of the molecule is CC1C(O)CC2C(C(=O)O)=COC(O)C21. The first kappa shape index (κ1) is 10.4. The van der Waals surface area contributed by atoms with E-state index in [2.05, 4.69) is 0 Å². The van der Waals surface area contributed by atoms with E-state index >= 15 is 0 Å². The zero-order valence-electron chi connectivity index (χ0n) is 8.33. The standard InChI is InChI=1S/C10H14O5/c1-4-7(11)2-5-6(9(12)13)3-15-10(14)8(4)5/h3-5,7-8,10-11,14H,2H2,1H3,(H,12,13). The Morgan fingerprint density at radius 3 is 2.80 bits per heavy atom. The van der Waals surface area contributed by atoms with Gasteiger partial charge in [0.1, 0.15) is 0 Å². The Bertz CT molecular complexity index is 311. The molecule has 3 N–H and O–H groups in total. The van der Waals surface area contributed by atoms with Gasteiger partial charge < -0.3 is 20.1 Å². The van der Waals surface area contributed by atoms with Gasteiger partial charge in [0.25, 0.3) is 0 Å². The largest absolute Gasteiger partial charge is 0.478 e. The second-order valence-corrected chi connectivity index (χ2v) is 4.25. The molecule has 1 aliphatic carbocycles. The Morgan fingerprint density at radius 1 is 1.53 bits per heavy atom. The smallest absolute Gasteiger partial charge is 0.334 e. The Labute approximate surface area is 87.0 Å². The van der Waals surface area contributed by atoms with E-state index < -0.39 is 18.4 Å². The van der Waals surface area contributed by atoms with Crippen molar-refractivity contribution in [3.63, 3.8) is 0 Å². The van der Waals surface area contributed by atoms with Gasteiger partial charge in [-0.05, 0) is 12.3 Å². The summed E-state index contributed by atoms with van der Waals surface area (Å²) in [4.78, 5) is 10.9. The summed E-state index contributed by atoms with van der Waals surface area (Å²) >= 11 is 0. The minimum absolute atomic E-state index is 0.145. The molecule has 84 valence electrons. The maximum atomic E-state index is 10.9. The van der Waals surface area contributed by atoms with Crippen LogP contribution in [0.25, 0.3) is 0 Å². The van der Waals surface area contributed by atoms with Crippen LogP contribution in [0.2, 0.25) is 0 Å². The molecule has 0 saturated heterocycles. The van der Waals surface area contributed by atoms with Crippen molar-refractivity contribution in [2.24, 2.45) is 17.8 Å². The molecule has 1 fully saturated rings. The second-order valence-electron chi connectivity index (χ2n) is 4.25. The molecule has 0 radical (unpaired) electrons. The molecule has 5 heteroatoms. The quantitative estimate of drug-likeness (QED) is 0.569. The molecule has 15 heavy (non-hydrogen) atoms. The minimum Gasteiger partial charge on any atom is -0.478 e. The van der Waals surface area contributed by atoms with Crippen LogP contribution in [-0.2, 0) is 9.53 Å². The Morgan fingerprint density at radius 2 is 2.20 bits per heavy atom. The molecule has 5 unspecified atom stereocenters. The van der Waals surface area contributed by atoms with E-state index in [4.69, 9.17) is 9.84 Å². The van der Waals surface area contributed by atoms with Gasteiger partial charge in [0.2, 0.25) is 0 Å². The minimum atomic E-state index is -1.04. The molecule has 5 nitrogen and oxygen atoms in total. The van der Waals surface area contributed by atoms with Gasteiger partial charge in [-0.1, -0.05) is 6.92 Å². The summed E-state index contributed by atoms with van der Waals surface area (Å²) in [5.41, 5.74) is 0.147. The molecule has 0 bridgehead atoms. The Kier molecular flexibility index (Phi) is 2.44. The van der Waals surface area contributed by atoms with E-state index in [-0.39, 0.29) is 23.3 Å². The monoisotopic (exact) mass is 214 g/mol. The summed E-state index contributed by atoms with van der Waals surface area (Å²) in [7, 11) is 0. The predicted octanol–water partition coefficient (Wildman–Crippen LogP) is -0.0634. The van der Waals surface area contributed by atoms with Gasteiger partial charge in [-0.2, -0.15) is 0 Å². The third-order valence-electron chi connectivity index (χ3n) is 3.48. The van der Waals surface area contributed by atoms with Crippen LogP contribution in [0.1, 0.15) is 13.3 Å². The van der Waals surface area contributed by atoms with Crippen molar-refractivity contribution in [2.75, 3.05) is 0 Å². The van der Waals surface area contributed by atoms with Gasteiger partial charge in [0, 0.05) is 11.8 Å². The third-order valence-corrected chi connectivity index (χ3v) is 3.48. The molecule has 0 aromatic carbocycles. The predicted molar refractivity (Wildman–Crippen MR) is 49.6 cm³/mol. The number of rotatable bonds is 1. The summed E-state index contributed by atoms with van der Waals surface area (Å²) in [5.74, 6) is -1.82. The number of ether oxygens (including phenoxy) is 1. The average Bonchev–Trinajstić information content (AvgIpc) is 2.44. The zero-order chi connectivity index (χ0) is 11.2. The lowest BCUT2D eigenvalue weighted by Crippen LogP contribution is -2.36. The molecular weight excluding hydrogens is 200 g/mol. The first-order chi connectivity index (χ1) is 7.02. The van der Waals surface area contributed by atoms with Crippen LogP contribution in [0, 0.1) is 17.8 Å². The van der Waals surface area contributed by atoms with Crippen molar-refractivity contribution in [1.82, 2.24) is 0 Å². The molecule has 0 aromatic rings. The number of fused-ring (bicyclic) bond motifs is 1. The number of carboxylic acid groups (broad SMARTS) is 1. The van der Waals surface area contributed by atoms with Crippen molar-refractivity contribution in [3.8, 4) is 0 Å². The maximum Gasteiger partial charge on any atom is 0.334 e. The van der Waals surface area contributed by atoms with E-state index in [9.17, 15) is 15.0 Å². The van der Waals surface area contributed by atoms with Gasteiger partial charge in [0.05, 0.1) is 17.9 Å². The summed E-state index contributed by atoms with van der Waals surface area (Å²) in [6.07, 6.45) is -0.104. The van der Waals surface area contributed by atoms with E-state index in [0.29, 0.717) is 6.42 Å². The molecule has 5 atom stereocenters. The van der Waals surface area contributed by atoms with Crippen LogP contribution in [-0.4, -0.2) is 33.7 Å². The summed E-state index contributed by atoms with van der Waals surface area (Å²) in [6, 6.07) is 0. The van der Waals surface area contributed by atoms with Gasteiger partial charge in [-0.25, -0.2) is 4.79 Å². The van der Waals surface area contributed by atoms with Crippen LogP contribution in [0.4, 0.5) is 0 Å². The molecule has 2 aliphatic rings. The number of hydrogen-bond donors (Lipinski definition) is 3. The molecule has 1 aliphatic heterocycles. The maximum absolute atomic E-state index is 10.9. The van der Waals surface area contributed by atoms with Crippen LogP contribution in [0.3, 0.4) is 0 Å². The summed E-state index contributed by atoms with van der Waals surface area (Å²) in [6.45, 7) is 1.80. The zero-order valence-corrected chi connectivity index (χ0v) is 8.33. The first-order valence-corrected chi connectivity index (χ1v) is 4.97. The highest BCUT2D eigenvalue weighted by atomic mass is 16.6. The number of hydrogen-bond acceptors (Lipinski definition) is 4. The fourth-order valence-electron chi connectivity index (χ4n) is 2.58. The van der Waals surface area contributed by atoms with E-state index in [1.807, 2.05) is 0 Å². The highest BCUT2D eigenvalue weighted by Crippen LogP contribution is 2.45. The van der Waals surface area contributed by atoms with Gasteiger partial charge in [-0.15, -0.1) is 0 Å². The van der Waals surface area contributed by atoms with Crippen LogP contribution >= 0.6 is 0 Å². The normalized spacial score (nSPS) is 44.2. The van der Waals surface area contributed by atoms with Crippen molar-refractivity contribution < 1.29 is 24.9 Å². The highest BCUT2D eigenvalue weighted by Gasteiger charge is 2.49. The molecule has 1 heterocycles. The number of carbonyl (C=O) groups is 1. The van der Waals surface area contributed by atoms with E-state index in [0.717, 1.165) is 6.26 Å². The first-order valence-electron chi connectivity index (χ1n) is 4.97. The molecule has 2 rings (SSSR count). The van der Waals surface area contributed by atoms with Crippen molar-refractivity contribution in [3.05, 3.63) is 11.8 Å². The number of aliphatic hydroxyl groups is 2. The van der Waals surface area contributed by atoms with Gasteiger partial charge >= 0.3 is 5.97 Å². The fraction of sp³-hybridized carbons (Fsp3) is 0.700. The molecule has 0 aromatic heterocycles. The summed E-state index contributed by atoms with van der Waals surface area (Å²) in [5, 5.41) is 28.2. The lowest BCUT2D eigenvalue weighted by atomic mass is 9.83. The average molecular weight is 214 g/mol. The summed E-state index contributed by atoms with van der Waals surface area (Å²) < 4.78 is 4.89. The fourth-order valence-corrected chi connectivity index (χ4v) is 2.58. The van der Waals surface area contributed by atoms with E-state index in [1.54, 1.807) is 6.92 Å². The Hall–Kier alpha value is -1.07. The van der Waals surface area contributed by atoms with Gasteiger partial charge in [0.15, 0.2) is 6.29 Å². The van der Waals surface area contributed by atoms with Crippen molar-refractivity contribution in [1.29, 1.82) is 0 Å². The molecule has 0 spiro atoms. The molecular formula is C10H14O5. The second kappa shape index (κ2) is 3.50. The number of aliphatic hydroxyl groups excluding tert-OH is 2. The van der Waals surface area contributed by atoms with Crippen molar-refractivity contribution in [2.45, 2.75) is 25.7 Å². The van der Waals surface area contributed by atoms with Gasteiger partial charge in [-0.3, -0.25) is 0 Å². The van der Waals surface area contributed by atoms with E-state index in [1.165, 1.54) is 0 Å². The lowest BCUT2D eigenvalue weighted by Gasteiger charge is -2.31. The molecule has 1 saturated carbocycles. The molecule has 0 amide bonds. The highest BCUT2D eigenvalue weighted by molar-refractivity contribution is 5.87. The topological polar surface area (TPSA) is 87.0 Å². The lowest BCUT2D eigenvalue weighted by molar-refractivity contribution is -0.142. The van der Waals surface area contributed by atoms with Crippen LogP contribution in [0.5, 0.6) is 0 Å². The number of aliphatic carboxylic acids is 1. The number of carboxylic acids is 1. The van der Waals surface area contributed by atoms with Crippen molar-refractivity contribution >= 4 is 5.97 Å². The Balaban J connectivity index is 2.31.